The highest BCUT2D eigenvalue weighted by molar-refractivity contribution is 8.13. The Balaban J connectivity index is 2.22. The Morgan fingerprint density at radius 2 is 2.29 bits per heavy atom. The summed E-state index contributed by atoms with van der Waals surface area (Å²) >= 11 is 1.53. The van der Waals surface area contributed by atoms with Gasteiger partial charge in [0.25, 0.3) is 0 Å². The molecule has 0 fully saturated rings. The van der Waals surface area contributed by atoms with Crippen LogP contribution in [0.4, 0.5) is 10.1 Å². The van der Waals surface area contributed by atoms with Crippen LogP contribution in [0, 0.1) is 5.82 Å². The molecule has 5 heteroatoms. The summed E-state index contributed by atoms with van der Waals surface area (Å²) in [5, 5.41) is 0.821. The van der Waals surface area contributed by atoms with Gasteiger partial charge in [-0.3, -0.25) is 4.57 Å². The van der Waals surface area contributed by atoms with Gasteiger partial charge in [-0.1, -0.05) is 17.8 Å². The van der Waals surface area contributed by atoms with E-state index in [2.05, 4.69) is 9.98 Å². The van der Waals surface area contributed by atoms with Crippen LogP contribution in [0.25, 0.3) is 0 Å². The minimum atomic E-state index is -0.257. The average molecular weight is 247 g/mol. The van der Waals surface area contributed by atoms with Gasteiger partial charge in [-0.05, 0) is 24.0 Å². The molecular formula is C12H10FN3S. The molecule has 0 N–H and O–H groups in total. The number of rotatable bonds is 0. The molecule has 0 saturated carbocycles. The lowest BCUT2D eigenvalue weighted by Gasteiger charge is -2.03. The molecule has 1 aliphatic rings. The molecule has 1 aromatic heterocycles. The summed E-state index contributed by atoms with van der Waals surface area (Å²) in [7, 11) is 0. The highest BCUT2D eigenvalue weighted by Crippen LogP contribution is 2.28. The zero-order valence-corrected chi connectivity index (χ0v) is 10.0. The molecule has 2 heterocycles. The molecule has 0 radical (unpaired) electrons. The van der Waals surface area contributed by atoms with Crippen molar-refractivity contribution in [1.29, 1.82) is 0 Å². The maximum atomic E-state index is 13.2. The second kappa shape index (κ2) is 4.00. The van der Waals surface area contributed by atoms with Crippen LogP contribution in [0.1, 0.15) is 11.4 Å². The summed E-state index contributed by atoms with van der Waals surface area (Å²) in [5.74, 6) is 0.677. The largest absolute Gasteiger partial charge is 0.282 e. The van der Waals surface area contributed by atoms with Crippen LogP contribution in [0.15, 0.2) is 35.6 Å². The maximum Gasteiger partial charge on any atom is 0.173 e. The second-order valence-electron chi connectivity index (χ2n) is 3.76. The lowest BCUT2D eigenvalue weighted by atomic mass is 10.1. The highest BCUT2D eigenvalue weighted by atomic mass is 32.2. The Kier molecular flexibility index (Phi) is 2.48. The first-order chi connectivity index (χ1) is 8.28. The topological polar surface area (TPSA) is 30.2 Å². The van der Waals surface area contributed by atoms with Crippen molar-refractivity contribution in [2.24, 2.45) is 4.99 Å². The molecule has 0 atom stereocenters. The van der Waals surface area contributed by atoms with Crippen molar-refractivity contribution < 1.29 is 4.39 Å². The maximum absolute atomic E-state index is 13.2. The molecule has 86 valence electrons. The van der Waals surface area contributed by atoms with E-state index in [-0.39, 0.29) is 5.82 Å². The van der Waals surface area contributed by atoms with E-state index < -0.39 is 0 Å². The molecule has 0 saturated heterocycles. The van der Waals surface area contributed by atoms with E-state index in [1.165, 1.54) is 23.9 Å². The Labute approximate surface area is 102 Å². The Morgan fingerprint density at radius 3 is 3.12 bits per heavy atom. The summed E-state index contributed by atoms with van der Waals surface area (Å²) in [6, 6.07) is 4.71. The van der Waals surface area contributed by atoms with E-state index in [1.807, 2.05) is 17.0 Å². The van der Waals surface area contributed by atoms with E-state index in [0.717, 1.165) is 16.6 Å². The van der Waals surface area contributed by atoms with Gasteiger partial charge in [0.15, 0.2) is 5.17 Å². The standard InChI is InChI=1S/C12H10FN3S/c1-17-12-15-10-7-9(13)3-2-8(10)6-11-14-4-5-16(11)12/h2-5,7H,6H2,1H3. The predicted octanol–water partition coefficient (Wildman–Crippen LogP) is 2.83. The number of imidazole rings is 1. The third-order valence-electron chi connectivity index (χ3n) is 2.72. The Bertz CT molecular complexity index is 604. The number of hydrogen-bond donors (Lipinski definition) is 0. The van der Waals surface area contributed by atoms with Gasteiger partial charge in [0.1, 0.15) is 11.6 Å². The first-order valence-electron chi connectivity index (χ1n) is 5.21. The Hall–Kier alpha value is -1.62. The van der Waals surface area contributed by atoms with Gasteiger partial charge < -0.3 is 0 Å². The lowest BCUT2D eigenvalue weighted by molar-refractivity contribution is 0.627. The fourth-order valence-corrected chi connectivity index (χ4v) is 2.45. The van der Waals surface area contributed by atoms with Crippen molar-refractivity contribution in [3.63, 3.8) is 0 Å². The third kappa shape index (κ3) is 1.76. The lowest BCUT2D eigenvalue weighted by Crippen LogP contribution is -2.08. The van der Waals surface area contributed by atoms with Crippen LogP contribution in [0.3, 0.4) is 0 Å². The molecule has 3 nitrogen and oxygen atoms in total. The monoisotopic (exact) mass is 247 g/mol. The molecule has 0 aliphatic carbocycles. The van der Waals surface area contributed by atoms with Crippen molar-refractivity contribution >= 4 is 22.6 Å². The van der Waals surface area contributed by atoms with Crippen molar-refractivity contribution in [2.45, 2.75) is 6.42 Å². The number of hydrogen-bond acceptors (Lipinski definition) is 3. The second-order valence-corrected chi connectivity index (χ2v) is 4.54. The SMILES string of the molecule is CSC1=Nc2cc(F)ccc2Cc2nccn21. The molecule has 1 aliphatic heterocycles. The van der Waals surface area contributed by atoms with Crippen molar-refractivity contribution in [3.05, 3.63) is 47.8 Å². The zero-order valence-electron chi connectivity index (χ0n) is 9.22. The zero-order chi connectivity index (χ0) is 11.8. The smallest absolute Gasteiger partial charge is 0.173 e. The van der Waals surface area contributed by atoms with E-state index in [4.69, 9.17) is 0 Å². The number of benzene rings is 1. The third-order valence-corrected chi connectivity index (χ3v) is 3.37. The first-order valence-corrected chi connectivity index (χ1v) is 6.44. The molecule has 0 amide bonds. The van der Waals surface area contributed by atoms with Gasteiger partial charge in [0, 0.05) is 18.8 Å². The molecule has 1 aromatic carbocycles. The summed E-state index contributed by atoms with van der Waals surface area (Å²) in [6.07, 6.45) is 6.27. The van der Waals surface area contributed by atoms with Crippen LogP contribution in [-0.2, 0) is 6.42 Å². The van der Waals surface area contributed by atoms with Crippen LogP contribution in [0.2, 0.25) is 0 Å². The van der Waals surface area contributed by atoms with Crippen molar-refractivity contribution in [2.75, 3.05) is 6.26 Å². The minimum absolute atomic E-state index is 0.257. The molecule has 0 bridgehead atoms. The van der Waals surface area contributed by atoms with Crippen molar-refractivity contribution in [1.82, 2.24) is 9.55 Å². The van der Waals surface area contributed by atoms with Crippen LogP contribution in [-0.4, -0.2) is 21.0 Å². The van der Waals surface area contributed by atoms with Crippen LogP contribution < -0.4 is 0 Å². The van der Waals surface area contributed by atoms with Gasteiger partial charge in [-0.25, -0.2) is 14.4 Å². The molecule has 3 rings (SSSR count). The number of halogens is 1. The number of fused-ring (bicyclic) bond motifs is 2. The number of aromatic nitrogens is 2. The van der Waals surface area contributed by atoms with Gasteiger partial charge in [-0.2, -0.15) is 0 Å². The van der Waals surface area contributed by atoms with E-state index in [1.54, 1.807) is 12.3 Å². The number of nitrogens with zero attached hydrogens (tertiary/aromatic N) is 3. The fourth-order valence-electron chi connectivity index (χ4n) is 1.90. The summed E-state index contributed by atoms with van der Waals surface area (Å²) < 4.78 is 15.2. The van der Waals surface area contributed by atoms with Gasteiger partial charge in [0.05, 0.1) is 5.69 Å². The van der Waals surface area contributed by atoms with Gasteiger partial charge in [-0.15, -0.1) is 0 Å². The summed E-state index contributed by atoms with van der Waals surface area (Å²) in [4.78, 5) is 8.81. The minimum Gasteiger partial charge on any atom is -0.282 e. The van der Waals surface area contributed by atoms with E-state index >= 15 is 0 Å². The van der Waals surface area contributed by atoms with E-state index in [0.29, 0.717) is 12.1 Å². The predicted molar refractivity (Wildman–Crippen MR) is 67.4 cm³/mol. The van der Waals surface area contributed by atoms with Crippen LogP contribution >= 0.6 is 11.8 Å². The number of thioether (sulfide) groups is 1. The highest BCUT2D eigenvalue weighted by Gasteiger charge is 2.16. The van der Waals surface area contributed by atoms with Crippen molar-refractivity contribution in [3.8, 4) is 0 Å². The molecule has 0 spiro atoms. The average Bonchev–Trinajstić information content (AvgIpc) is 2.72. The number of aliphatic imine (C=N–C) groups is 1. The normalized spacial score (nSPS) is 13.6. The van der Waals surface area contributed by atoms with E-state index in [9.17, 15) is 4.39 Å². The summed E-state index contributed by atoms with van der Waals surface area (Å²) in [5.41, 5.74) is 1.70. The molecule has 17 heavy (non-hydrogen) atoms. The molecular weight excluding hydrogens is 237 g/mol. The van der Waals surface area contributed by atoms with Crippen LogP contribution in [0.5, 0.6) is 0 Å². The molecule has 0 unspecified atom stereocenters. The van der Waals surface area contributed by atoms with Gasteiger partial charge >= 0.3 is 0 Å². The Morgan fingerprint density at radius 1 is 1.41 bits per heavy atom. The molecule has 2 aromatic rings. The fraction of sp³-hybridized carbons (Fsp3) is 0.167. The first kappa shape index (κ1) is 10.5. The van der Waals surface area contributed by atoms with Gasteiger partial charge in [0.2, 0.25) is 0 Å². The summed E-state index contributed by atoms with van der Waals surface area (Å²) in [6.45, 7) is 0. The quantitative estimate of drug-likeness (QED) is 0.716.